The SMILES string of the molecule is CCC/C=C\C/C=C\CCCCCCCC(=O)OCCCCCCCCCCCCCC/C=C\CCCCCCCCCCCCCCCCCCCC(=O)NC(CO)C(O)CCCCCCCCCCCC. The molecule has 3 N–H and O–H groups in total. The molecule has 6 nitrogen and oxygen atoms in total. The van der Waals surface area contributed by atoms with Crippen LogP contribution in [-0.2, 0) is 14.3 Å². The number of aliphatic hydroxyl groups excluding tert-OH is 2. The number of carbonyl (C=O) groups is 2. The normalized spacial score (nSPS) is 12.8. The van der Waals surface area contributed by atoms with E-state index in [4.69, 9.17) is 4.74 Å². The van der Waals surface area contributed by atoms with Gasteiger partial charge in [-0.3, -0.25) is 9.59 Å². The Balaban J connectivity index is 3.33. The third-order valence-electron chi connectivity index (χ3n) is 15.1. The number of hydrogen-bond acceptors (Lipinski definition) is 5. The summed E-state index contributed by atoms with van der Waals surface area (Å²) in [5.74, 6) is -0.0293. The number of nitrogens with one attached hydrogen (secondary N) is 1. The van der Waals surface area contributed by atoms with Gasteiger partial charge in [0.15, 0.2) is 0 Å². The molecule has 0 fully saturated rings. The highest BCUT2D eigenvalue weighted by atomic mass is 16.5. The number of carbonyl (C=O) groups excluding carboxylic acids is 2. The fourth-order valence-corrected chi connectivity index (χ4v) is 10.1. The molecular weight excluding hydrogens is 899 g/mol. The van der Waals surface area contributed by atoms with Crippen LogP contribution in [0.15, 0.2) is 36.5 Å². The third-order valence-corrected chi connectivity index (χ3v) is 15.1. The number of hydrogen-bond donors (Lipinski definition) is 3. The van der Waals surface area contributed by atoms with Gasteiger partial charge in [0.25, 0.3) is 0 Å². The van der Waals surface area contributed by atoms with E-state index in [0.29, 0.717) is 25.9 Å². The van der Waals surface area contributed by atoms with Gasteiger partial charge < -0.3 is 20.3 Å². The van der Waals surface area contributed by atoms with Gasteiger partial charge in [0, 0.05) is 12.8 Å². The lowest BCUT2D eigenvalue weighted by Crippen LogP contribution is -2.45. The maximum absolute atomic E-state index is 12.4. The number of rotatable bonds is 61. The quantitative estimate of drug-likeness (QED) is 0.0320. The molecule has 430 valence electrons. The maximum atomic E-state index is 12.4. The molecule has 73 heavy (non-hydrogen) atoms. The zero-order valence-corrected chi connectivity index (χ0v) is 49.1. The summed E-state index contributed by atoms with van der Waals surface area (Å²) in [4.78, 5) is 24.5. The first kappa shape index (κ1) is 71.1. The van der Waals surface area contributed by atoms with Gasteiger partial charge in [-0.1, -0.05) is 301 Å². The van der Waals surface area contributed by atoms with Gasteiger partial charge in [0.2, 0.25) is 5.91 Å². The van der Waals surface area contributed by atoms with Gasteiger partial charge in [-0.05, 0) is 77.0 Å². The molecule has 0 saturated heterocycles. The lowest BCUT2D eigenvalue weighted by molar-refractivity contribution is -0.143. The van der Waals surface area contributed by atoms with Crippen LogP contribution in [0, 0.1) is 0 Å². The number of allylic oxidation sites excluding steroid dienone is 6. The maximum Gasteiger partial charge on any atom is 0.305 e. The van der Waals surface area contributed by atoms with Crippen LogP contribution in [0.5, 0.6) is 0 Å². The Morgan fingerprint density at radius 1 is 0.384 bits per heavy atom. The van der Waals surface area contributed by atoms with Crippen LogP contribution in [0.4, 0.5) is 0 Å². The van der Waals surface area contributed by atoms with Crippen LogP contribution in [0.25, 0.3) is 0 Å². The van der Waals surface area contributed by atoms with Gasteiger partial charge in [0.1, 0.15) is 0 Å². The first-order valence-corrected chi connectivity index (χ1v) is 32.7. The predicted octanol–water partition coefficient (Wildman–Crippen LogP) is 20.8. The van der Waals surface area contributed by atoms with E-state index < -0.39 is 12.1 Å². The summed E-state index contributed by atoms with van der Waals surface area (Å²) in [6.45, 7) is 4.88. The Labute approximate surface area is 455 Å². The standard InChI is InChI=1S/C67H127NO5/c1-3-5-7-9-11-13-15-37-41-45-49-53-57-61-67(72)73-62-58-54-50-46-42-39-36-34-32-30-28-26-24-22-20-18-16-17-19-21-23-25-27-29-31-33-35-38-40-44-48-52-56-60-66(71)68-64(63-69)65(70)59-55-51-47-43-14-12-10-8-6-4-2/h7,9,13,15,20,22,64-65,69-70H,3-6,8,10-12,14,16-19,21,23-63H2,1-2H3,(H,68,71)/b9-7-,15-13-,22-20-. The summed E-state index contributed by atoms with van der Waals surface area (Å²) in [5.41, 5.74) is 0. The minimum absolute atomic E-state index is 0.00320. The second-order valence-corrected chi connectivity index (χ2v) is 22.4. The summed E-state index contributed by atoms with van der Waals surface area (Å²) < 4.78 is 5.47. The first-order chi connectivity index (χ1) is 36.0. The lowest BCUT2D eigenvalue weighted by Gasteiger charge is -2.22. The number of esters is 1. The molecule has 0 aliphatic heterocycles. The molecule has 0 aliphatic rings. The van der Waals surface area contributed by atoms with E-state index >= 15 is 0 Å². The van der Waals surface area contributed by atoms with Crippen LogP contribution in [0.3, 0.4) is 0 Å². The Bertz CT molecular complexity index is 1180. The fraction of sp³-hybridized carbons (Fsp3) is 0.881. The zero-order chi connectivity index (χ0) is 52.9. The van der Waals surface area contributed by atoms with E-state index in [-0.39, 0.29) is 18.5 Å². The fourth-order valence-electron chi connectivity index (χ4n) is 10.1. The number of unbranched alkanes of at least 4 members (excludes halogenated alkanes) is 44. The van der Waals surface area contributed by atoms with Crippen molar-refractivity contribution < 1.29 is 24.5 Å². The van der Waals surface area contributed by atoms with Crippen molar-refractivity contribution in [1.29, 1.82) is 0 Å². The highest BCUT2D eigenvalue weighted by molar-refractivity contribution is 5.76. The Hall–Kier alpha value is -1.92. The minimum Gasteiger partial charge on any atom is -0.466 e. The zero-order valence-electron chi connectivity index (χ0n) is 49.1. The molecule has 0 aromatic carbocycles. The van der Waals surface area contributed by atoms with Crippen molar-refractivity contribution in [1.82, 2.24) is 5.32 Å². The van der Waals surface area contributed by atoms with Crippen molar-refractivity contribution in [3.05, 3.63) is 36.5 Å². The van der Waals surface area contributed by atoms with Crippen LogP contribution < -0.4 is 5.32 Å². The highest BCUT2D eigenvalue weighted by Crippen LogP contribution is 2.18. The van der Waals surface area contributed by atoms with Gasteiger partial charge in [-0.15, -0.1) is 0 Å². The smallest absolute Gasteiger partial charge is 0.305 e. The van der Waals surface area contributed by atoms with Crippen molar-refractivity contribution in [2.45, 2.75) is 366 Å². The topological polar surface area (TPSA) is 95.9 Å². The Morgan fingerprint density at radius 2 is 0.712 bits per heavy atom. The molecule has 0 aromatic heterocycles. The molecule has 0 aliphatic carbocycles. The average Bonchev–Trinajstić information content (AvgIpc) is 3.39. The van der Waals surface area contributed by atoms with Crippen LogP contribution in [-0.4, -0.2) is 47.4 Å². The van der Waals surface area contributed by atoms with E-state index in [9.17, 15) is 19.8 Å². The molecule has 0 spiro atoms. The van der Waals surface area contributed by atoms with E-state index in [2.05, 4.69) is 55.6 Å². The molecule has 2 atom stereocenters. The Kier molecular flexibility index (Phi) is 61.0. The van der Waals surface area contributed by atoms with Crippen LogP contribution in [0.2, 0.25) is 0 Å². The van der Waals surface area contributed by atoms with E-state index in [1.807, 2.05) is 0 Å². The molecule has 0 saturated carbocycles. The first-order valence-electron chi connectivity index (χ1n) is 32.7. The molecule has 0 bridgehead atoms. The van der Waals surface area contributed by atoms with E-state index in [1.54, 1.807) is 0 Å². The third kappa shape index (κ3) is 59.2. The molecule has 0 radical (unpaired) electrons. The van der Waals surface area contributed by atoms with Gasteiger partial charge in [0.05, 0.1) is 25.4 Å². The summed E-state index contributed by atoms with van der Waals surface area (Å²) in [5, 5.41) is 23.2. The summed E-state index contributed by atoms with van der Waals surface area (Å²) >= 11 is 0. The summed E-state index contributed by atoms with van der Waals surface area (Å²) in [6, 6.07) is -0.537. The van der Waals surface area contributed by atoms with Crippen molar-refractivity contribution in [3.8, 4) is 0 Å². The molecular formula is C67H127NO5. The molecule has 0 rings (SSSR count). The average molecular weight is 1030 g/mol. The van der Waals surface area contributed by atoms with Gasteiger partial charge in [-0.2, -0.15) is 0 Å². The molecule has 6 heteroatoms. The largest absolute Gasteiger partial charge is 0.466 e. The molecule has 0 aromatic rings. The minimum atomic E-state index is -0.660. The summed E-state index contributed by atoms with van der Waals surface area (Å²) in [6.07, 6.45) is 79.1. The lowest BCUT2D eigenvalue weighted by atomic mass is 10.0. The number of amides is 1. The number of ether oxygens (including phenoxy) is 1. The summed E-state index contributed by atoms with van der Waals surface area (Å²) in [7, 11) is 0. The van der Waals surface area contributed by atoms with Crippen LogP contribution >= 0.6 is 0 Å². The molecule has 2 unspecified atom stereocenters. The van der Waals surface area contributed by atoms with Crippen molar-refractivity contribution >= 4 is 11.9 Å². The van der Waals surface area contributed by atoms with E-state index in [1.165, 1.54) is 270 Å². The van der Waals surface area contributed by atoms with Gasteiger partial charge >= 0.3 is 5.97 Å². The van der Waals surface area contributed by atoms with Crippen LogP contribution in [0.1, 0.15) is 354 Å². The van der Waals surface area contributed by atoms with Gasteiger partial charge in [-0.25, -0.2) is 0 Å². The molecule has 0 heterocycles. The van der Waals surface area contributed by atoms with Crippen molar-refractivity contribution in [2.75, 3.05) is 13.2 Å². The molecule has 1 amide bonds. The second kappa shape index (κ2) is 62.6. The van der Waals surface area contributed by atoms with Crippen molar-refractivity contribution in [2.24, 2.45) is 0 Å². The predicted molar refractivity (Wildman–Crippen MR) is 319 cm³/mol. The monoisotopic (exact) mass is 1030 g/mol. The van der Waals surface area contributed by atoms with E-state index in [0.717, 1.165) is 51.4 Å². The number of aliphatic hydroxyl groups is 2. The Morgan fingerprint density at radius 3 is 1.11 bits per heavy atom. The second-order valence-electron chi connectivity index (χ2n) is 22.4. The van der Waals surface area contributed by atoms with Crippen molar-refractivity contribution in [3.63, 3.8) is 0 Å². The highest BCUT2D eigenvalue weighted by Gasteiger charge is 2.20.